The van der Waals surface area contributed by atoms with Crippen LogP contribution in [0.25, 0.3) is 0 Å². The molecule has 1 aliphatic carbocycles. The molecule has 0 saturated heterocycles. The van der Waals surface area contributed by atoms with Gasteiger partial charge >= 0.3 is 0 Å². The Balaban J connectivity index is 2.27. The molecule has 11 heavy (non-hydrogen) atoms. The van der Waals surface area contributed by atoms with E-state index in [1.807, 2.05) is 5.01 Å². The van der Waals surface area contributed by atoms with Crippen molar-refractivity contribution in [2.75, 3.05) is 6.54 Å². The Bertz CT molecular complexity index is 111. The highest BCUT2D eigenvalue weighted by molar-refractivity contribution is 4.76. The van der Waals surface area contributed by atoms with Crippen LogP contribution in [0.5, 0.6) is 0 Å². The third kappa shape index (κ3) is 2.43. The van der Waals surface area contributed by atoms with Gasteiger partial charge in [0.2, 0.25) is 0 Å². The number of nitrogens with two attached hydrogens (primary N) is 1. The van der Waals surface area contributed by atoms with Crippen LogP contribution in [0.2, 0.25) is 0 Å². The summed E-state index contributed by atoms with van der Waals surface area (Å²) in [6.45, 7) is 2.96. The first kappa shape index (κ1) is 8.97. The molecule has 1 aliphatic rings. The second kappa shape index (κ2) is 4.04. The van der Waals surface area contributed by atoms with Crippen molar-refractivity contribution in [1.82, 2.24) is 5.01 Å². The number of nitrogens with zero attached hydrogens (tertiary/aromatic N) is 1. The summed E-state index contributed by atoms with van der Waals surface area (Å²) in [5.41, 5.74) is 0. The van der Waals surface area contributed by atoms with Crippen LogP contribution in [0.4, 0.5) is 0 Å². The van der Waals surface area contributed by atoms with Gasteiger partial charge < -0.3 is 5.11 Å². The van der Waals surface area contributed by atoms with Gasteiger partial charge in [0.1, 0.15) is 0 Å². The van der Waals surface area contributed by atoms with Gasteiger partial charge in [0.25, 0.3) is 0 Å². The van der Waals surface area contributed by atoms with Gasteiger partial charge in [0.15, 0.2) is 0 Å². The molecule has 1 saturated carbocycles. The highest BCUT2D eigenvalue weighted by Gasteiger charge is 2.21. The van der Waals surface area contributed by atoms with Crippen LogP contribution in [0.15, 0.2) is 0 Å². The van der Waals surface area contributed by atoms with Crippen molar-refractivity contribution in [3.63, 3.8) is 0 Å². The van der Waals surface area contributed by atoms with Crippen LogP contribution in [0.1, 0.15) is 32.6 Å². The lowest BCUT2D eigenvalue weighted by Gasteiger charge is -2.31. The predicted molar refractivity (Wildman–Crippen MR) is 44.8 cm³/mol. The number of hydrogen-bond donors (Lipinski definition) is 2. The number of hydrazine groups is 1. The minimum Gasteiger partial charge on any atom is -0.393 e. The number of aliphatic hydroxyl groups excluding tert-OH is 1. The van der Waals surface area contributed by atoms with E-state index in [1.165, 1.54) is 0 Å². The van der Waals surface area contributed by atoms with Gasteiger partial charge in [-0.25, -0.2) is 5.01 Å². The topological polar surface area (TPSA) is 49.5 Å². The average Bonchev–Trinajstić information content (AvgIpc) is 2.05. The molecular weight excluding hydrogens is 140 g/mol. The van der Waals surface area contributed by atoms with Gasteiger partial charge in [-0.2, -0.15) is 0 Å². The molecule has 3 heteroatoms. The fraction of sp³-hybridized carbons (Fsp3) is 1.00. The predicted octanol–water partition coefficient (Wildman–Crippen LogP) is 0.485. The van der Waals surface area contributed by atoms with E-state index >= 15 is 0 Å². The van der Waals surface area contributed by atoms with E-state index in [2.05, 4.69) is 6.92 Å². The van der Waals surface area contributed by atoms with E-state index in [0.717, 1.165) is 32.2 Å². The average molecular weight is 158 g/mol. The van der Waals surface area contributed by atoms with Crippen molar-refractivity contribution < 1.29 is 5.11 Å². The summed E-state index contributed by atoms with van der Waals surface area (Å²) in [7, 11) is 0. The SMILES string of the molecule is CCN(N)C1CCC(O)CC1. The van der Waals surface area contributed by atoms with Crippen LogP contribution >= 0.6 is 0 Å². The molecule has 0 aromatic rings. The van der Waals surface area contributed by atoms with E-state index in [-0.39, 0.29) is 6.10 Å². The molecule has 0 bridgehead atoms. The van der Waals surface area contributed by atoms with Crippen LogP contribution in [-0.2, 0) is 0 Å². The first-order valence-electron chi connectivity index (χ1n) is 4.43. The lowest BCUT2D eigenvalue weighted by Crippen LogP contribution is -2.43. The maximum atomic E-state index is 9.22. The lowest BCUT2D eigenvalue weighted by atomic mass is 9.93. The molecule has 0 aromatic heterocycles. The number of aliphatic hydroxyl groups is 1. The highest BCUT2D eigenvalue weighted by Crippen LogP contribution is 2.20. The van der Waals surface area contributed by atoms with Crippen molar-refractivity contribution in [3.8, 4) is 0 Å². The lowest BCUT2D eigenvalue weighted by molar-refractivity contribution is 0.0761. The van der Waals surface area contributed by atoms with Gasteiger partial charge in [0.05, 0.1) is 6.10 Å². The van der Waals surface area contributed by atoms with E-state index in [4.69, 9.17) is 5.84 Å². The smallest absolute Gasteiger partial charge is 0.0541 e. The molecule has 0 spiro atoms. The Morgan fingerprint density at radius 3 is 2.36 bits per heavy atom. The maximum Gasteiger partial charge on any atom is 0.0541 e. The van der Waals surface area contributed by atoms with Crippen LogP contribution in [0.3, 0.4) is 0 Å². The van der Waals surface area contributed by atoms with Gasteiger partial charge in [0, 0.05) is 12.6 Å². The second-order valence-electron chi connectivity index (χ2n) is 3.29. The monoisotopic (exact) mass is 158 g/mol. The Hall–Kier alpha value is -0.120. The first-order valence-corrected chi connectivity index (χ1v) is 4.43. The van der Waals surface area contributed by atoms with Crippen molar-refractivity contribution in [1.29, 1.82) is 0 Å². The van der Waals surface area contributed by atoms with E-state index in [1.54, 1.807) is 0 Å². The molecule has 0 aliphatic heterocycles. The van der Waals surface area contributed by atoms with Gasteiger partial charge in [-0.05, 0) is 25.7 Å². The van der Waals surface area contributed by atoms with E-state index in [9.17, 15) is 5.11 Å². The minimum atomic E-state index is -0.0727. The van der Waals surface area contributed by atoms with Crippen molar-refractivity contribution in [2.45, 2.75) is 44.8 Å². The summed E-state index contributed by atoms with van der Waals surface area (Å²) in [5.74, 6) is 5.74. The molecule has 1 fully saturated rings. The molecule has 0 aromatic carbocycles. The minimum absolute atomic E-state index is 0.0727. The molecule has 0 heterocycles. The maximum absolute atomic E-state index is 9.22. The van der Waals surface area contributed by atoms with Crippen molar-refractivity contribution in [2.24, 2.45) is 5.84 Å². The summed E-state index contributed by atoms with van der Waals surface area (Å²) in [6, 6.07) is 0.503. The highest BCUT2D eigenvalue weighted by atomic mass is 16.3. The fourth-order valence-electron chi connectivity index (χ4n) is 1.65. The zero-order valence-corrected chi connectivity index (χ0v) is 7.16. The third-order valence-corrected chi connectivity index (χ3v) is 2.50. The van der Waals surface area contributed by atoms with E-state index < -0.39 is 0 Å². The Labute approximate surface area is 68.2 Å². The summed E-state index contributed by atoms with van der Waals surface area (Å²) in [4.78, 5) is 0. The molecule has 0 radical (unpaired) electrons. The summed E-state index contributed by atoms with van der Waals surface area (Å²) < 4.78 is 0. The molecule has 0 unspecified atom stereocenters. The summed E-state index contributed by atoms with van der Waals surface area (Å²) in [6.07, 6.45) is 3.85. The third-order valence-electron chi connectivity index (χ3n) is 2.50. The quantitative estimate of drug-likeness (QED) is 0.454. The molecule has 66 valence electrons. The van der Waals surface area contributed by atoms with Gasteiger partial charge in [-0.3, -0.25) is 5.84 Å². The fourth-order valence-corrected chi connectivity index (χ4v) is 1.65. The zero-order chi connectivity index (χ0) is 8.27. The zero-order valence-electron chi connectivity index (χ0n) is 7.16. The molecular formula is C8H18N2O. The largest absolute Gasteiger partial charge is 0.393 e. The molecule has 1 rings (SSSR count). The Morgan fingerprint density at radius 2 is 1.91 bits per heavy atom. The Kier molecular flexibility index (Phi) is 3.30. The van der Waals surface area contributed by atoms with Crippen molar-refractivity contribution >= 4 is 0 Å². The van der Waals surface area contributed by atoms with E-state index in [0.29, 0.717) is 6.04 Å². The second-order valence-corrected chi connectivity index (χ2v) is 3.29. The standard InChI is InChI=1S/C8H18N2O/c1-2-10(9)7-3-5-8(11)6-4-7/h7-8,11H,2-6,9H2,1H3. The molecule has 3 nitrogen and oxygen atoms in total. The van der Waals surface area contributed by atoms with Gasteiger partial charge in [-0.15, -0.1) is 0 Å². The summed E-state index contributed by atoms with van der Waals surface area (Å²) >= 11 is 0. The van der Waals surface area contributed by atoms with Crippen LogP contribution in [-0.4, -0.2) is 28.8 Å². The van der Waals surface area contributed by atoms with Crippen molar-refractivity contribution in [3.05, 3.63) is 0 Å². The normalized spacial score (nSPS) is 32.7. The van der Waals surface area contributed by atoms with Crippen LogP contribution in [0, 0.1) is 0 Å². The molecule has 0 amide bonds. The first-order chi connectivity index (χ1) is 5.24. The summed E-state index contributed by atoms with van der Waals surface area (Å²) in [5, 5.41) is 11.1. The van der Waals surface area contributed by atoms with Crippen LogP contribution < -0.4 is 5.84 Å². The number of rotatable bonds is 2. The molecule has 3 N–H and O–H groups in total. The number of hydrogen-bond acceptors (Lipinski definition) is 3. The Morgan fingerprint density at radius 1 is 1.36 bits per heavy atom. The van der Waals surface area contributed by atoms with Gasteiger partial charge in [-0.1, -0.05) is 6.92 Å². The molecule has 0 atom stereocenters.